The van der Waals surface area contributed by atoms with Gasteiger partial charge in [0.05, 0.1) is 25.2 Å². The molecule has 6 rings (SSSR count). The van der Waals surface area contributed by atoms with Crippen LogP contribution in [0.2, 0.25) is 0 Å². The minimum atomic E-state index is -1.13. The van der Waals surface area contributed by atoms with Crippen molar-refractivity contribution in [2.45, 2.75) is 68.7 Å². The second-order valence-corrected chi connectivity index (χ2v) is 12.2. The molecule has 3 aromatic rings. The molecule has 0 aromatic carbocycles. The Morgan fingerprint density at radius 3 is 2.86 bits per heavy atom. The van der Waals surface area contributed by atoms with Gasteiger partial charge in [0.25, 0.3) is 0 Å². The number of amides is 2. The molecular weight excluding hydrogens is 558 g/mol. The van der Waals surface area contributed by atoms with Crippen molar-refractivity contribution in [2.75, 3.05) is 13.7 Å². The van der Waals surface area contributed by atoms with E-state index in [0.29, 0.717) is 24.5 Å². The van der Waals surface area contributed by atoms with Crippen LogP contribution in [0.1, 0.15) is 44.9 Å². The van der Waals surface area contributed by atoms with E-state index in [9.17, 15) is 14.4 Å². The number of nitrogens with zero attached hydrogens (tertiary/aromatic N) is 5. The van der Waals surface area contributed by atoms with Gasteiger partial charge in [-0.15, -0.1) is 11.3 Å². The summed E-state index contributed by atoms with van der Waals surface area (Å²) in [5.74, 6) is -0.510. The lowest BCUT2D eigenvalue weighted by Gasteiger charge is -2.28. The number of ether oxygens (including phenoxy) is 2. The maximum absolute atomic E-state index is 13.8. The number of carbonyl (C=O) groups excluding carboxylic acids is 3. The van der Waals surface area contributed by atoms with Crippen molar-refractivity contribution in [3.63, 3.8) is 0 Å². The Balaban J connectivity index is 1.29. The second-order valence-electron chi connectivity index (χ2n) is 11.2. The number of nitrogens with two attached hydrogens (primary N) is 1. The van der Waals surface area contributed by atoms with Crippen LogP contribution >= 0.6 is 11.3 Å². The zero-order valence-electron chi connectivity index (χ0n) is 23.7. The van der Waals surface area contributed by atoms with Crippen molar-refractivity contribution in [2.24, 2.45) is 18.7 Å². The van der Waals surface area contributed by atoms with E-state index < -0.39 is 35.6 Å². The standard InChI is InChI=1S/C29H35N7O5S/c1-35-21(10-12-31-35)24-32-20-11-13-42-23(20)26(33-24)41-18-14-22-25(37)34-29(28(39)40-2)15-17(29)8-6-4-3-5-7-9-19(30)27(38)36(22)16-18/h6,8,10-13,17-19,22H,3-5,7,9,14-16,30H2,1-2H3,(H,34,37)/t17-,18-,19?,22+,29-/m1/s1. The Kier molecular flexibility index (Phi) is 7.71. The highest BCUT2D eigenvalue weighted by Gasteiger charge is 2.62. The summed E-state index contributed by atoms with van der Waals surface area (Å²) >= 11 is 1.46. The molecule has 222 valence electrons. The van der Waals surface area contributed by atoms with Gasteiger partial charge < -0.3 is 25.4 Å². The topological polar surface area (TPSA) is 155 Å². The van der Waals surface area contributed by atoms with E-state index in [1.165, 1.54) is 23.3 Å². The molecular formula is C29H35N7O5S. The first-order chi connectivity index (χ1) is 20.3. The van der Waals surface area contributed by atoms with E-state index in [-0.39, 0.29) is 24.8 Å². The molecule has 42 heavy (non-hydrogen) atoms. The van der Waals surface area contributed by atoms with Crippen LogP contribution in [-0.2, 0) is 26.2 Å². The van der Waals surface area contributed by atoms with Crippen molar-refractivity contribution in [1.82, 2.24) is 30.0 Å². The number of hydrogen-bond acceptors (Lipinski definition) is 10. The summed E-state index contributed by atoms with van der Waals surface area (Å²) in [6, 6.07) is 2.13. The number of esters is 1. The van der Waals surface area contributed by atoms with Crippen LogP contribution in [0, 0.1) is 5.92 Å². The molecule has 1 aliphatic carbocycles. The number of fused-ring (bicyclic) bond motifs is 3. The van der Waals surface area contributed by atoms with Gasteiger partial charge in [-0.2, -0.15) is 10.1 Å². The molecule has 1 unspecified atom stereocenters. The number of aryl methyl sites for hydroxylation is 1. The van der Waals surface area contributed by atoms with Crippen LogP contribution in [0.4, 0.5) is 0 Å². The fraction of sp³-hybridized carbons (Fsp3) is 0.517. The van der Waals surface area contributed by atoms with E-state index in [2.05, 4.69) is 21.5 Å². The highest BCUT2D eigenvalue weighted by molar-refractivity contribution is 7.17. The zero-order chi connectivity index (χ0) is 29.4. The average Bonchev–Trinajstić information content (AvgIpc) is 3.38. The van der Waals surface area contributed by atoms with Crippen LogP contribution < -0.4 is 15.8 Å². The van der Waals surface area contributed by atoms with Gasteiger partial charge in [-0.25, -0.2) is 9.78 Å². The quantitative estimate of drug-likeness (QED) is 0.343. The van der Waals surface area contributed by atoms with Gasteiger partial charge >= 0.3 is 5.97 Å². The molecule has 13 heteroatoms. The van der Waals surface area contributed by atoms with E-state index in [0.717, 1.165) is 41.6 Å². The molecule has 3 N–H and O–H groups in total. The van der Waals surface area contributed by atoms with E-state index in [1.54, 1.807) is 10.9 Å². The van der Waals surface area contributed by atoms with Crippen molar-refractivity contribution in [3.05, 3.63) is 35.9 Å². The van der Waals surface area contributed by atoms with Crippen LogP contribution in [0.3, 0.4) is 0 Å². The zero-order valence-corrected chi connectivity index (χ0v) is 24.5. The molecule has 3 aromatic heterocycles. The third-order valence-electron chi connectivity index (χ3n) is 8.43. The lowest BCUT2D eigenvalue weighted by molar-refractivity contribution is -0.148. The molecule has 1 saturated heterocycles. The van der Waals surface area contributed by atoms with Gasteiger partial charge in [0.1, 0.15) is 28.1 Å². The van der Waals surface area contributed by atoms with Crippen molar-refractivity contribution < 1.29 is 23.9 Å². The first-order valence-electron chi connectivity index (χ1n) is 14.3. The van der Waals surface area contributed by atoms with E-state index >= 15 is 0 Å². The number of carbonyl (C=O) groups is 3. The number of hydrogen-bond donors (Lipinski definition) is 2. The van der Waals surface area contributed by atoms with Crippen LogP contribution in [-0.4, -0.2) is 79.8 Å². The fourth-order valence-electron chi connectivity index (χ4n) is 5.99. The third kappa shape index (κ3) is 5.26. The highest BCUT2D eigenvalue weighted by atomic mass is 32.1. The van der Waals surface area contributed by atoms with Crippen molar-refractivity contribution in [3.8, 4) is 17.4 Å². The predicted molar refractivity (Wildman–Crippen MR) is 155 cm³/mol. The summed E-state index contributed by atoms with van der Waals surface area (Å²) in [5.41, 5.74) is 6.69. The summed E-state index contributed by atoms with van der Waals surface area (Å²) in [7, 11) is 3.13. The fourth-order valence-corrected chi connectivity index (χ4v) is 6.75. The Bertz CT molecular complexity index is 1540. The number of nitrogens with one attached hydrogen (secondary N) is 1. The molecule has 0 radical (unpaired) electrons. The van der Waals surface area contributed by atoms with Gasteiger partial charge in [-0.1, -0.05) is 25.0 Å². The largest absolute Gasteiger partial charge is 0.471 e. The first kappa shape index (κ1) is 28.3. The molecule has 2 aliphatic heterocycles. The third-order valence-corrected chi connectivity index (χ3v) is 9.32. The number of allylic oxidation sites excluding steroid dienone is 1. The molecule has 5 atom stereocenters. The Labute approximate surface area is 247 Å². The lowest BCUT2D eigenvalue weighted by Crippen LogP contribution is -2.55. The Morgan fingerprint density at radius 1 is 1.21 bits per heavy atom. The SMILES string of the molecule is COC(=O)[C@@]12C[C@H]1C=CCCCCCC(N)C(=O)N1C[C@H](Oc3nc(-c4ccnn4C)nc4ccsc34)C[C@H]1C(=O)N2. The van der Waals surface area contributed by atoms with Gasteiger partial charge in [0.15, 0.2) is 5.82 Å². The minimum absolute atomic E-state index is 0.155. The molecule has 1 saturated carbocycles. The maximum atomic E-state index is 13.8. The Morgan fingerprint density at radius 2 is 2.07 bits per heavy atom. The van der Waals surface area contributed by atoms with Gasteiger partial charge in [-0.3, -0.25) is 14.3 Å². The van der Waals surface area contributed by atoms with Crippen LogP contribution in [0.25, 0.3) is 21.7 Å². The second kappa shape index (κ2) is 11.4. The summed E-state index contributed by atoms with van der Waals surface area (Å²) in [4.78, 5) is 51.1. The smallest absolute Gasteiger partial charge is 0.332 e. The first-order valence-corrected chi connectivity index (χ1v) is 15.2. The molecule has 2 amide bonds. The number of aromatic nitrogens is 4. The molecule has 5 heterocycles. The summed E-state index contributed by atoms with van der Waals surface area (Å²) in [6.07, 6.45) is 9.98. The van der Waals surface area contributed by atoms with Crippen LogP contribution in [0.15, 0.2) is 35.9 Å². The molecule has 3 aliphatic rings. The predicted octanol–water partition coefficient (Wildman–Crippen LogP) is 2.34. The number of methoxy groups -OCH3 is 1. The van der Waals surface area contributed by atoms with Gasteiger partial charge in [0, 0.05) is 25.6 Å². The van der Waals surface area contributed by atoms with E-state index in [4.69, 9.17) is 20.2 Å². The van der Waals surface area contributed by atoms with Gasteiger partial charge in [0.2, 0.25) is 17.7 Å². The Hall–Kier alpha value is -3.84. The number of rotatable bonds is 4. The lowest BCUT2D eigenvalue weighted by atomic mass is 10.1. The highest BCUT2D eigenvalue weighted by Crippen LogP contribution is 2.46. The molecule has 2 fully saturated rings. The summed E-state index contributed by atoms with van der Waals surface area (Å²) in [6.45, 7) is 0.164. The minimum Gasteiger partial charge on any atom is -0.471 e. The summed E-state index contributed by atoms with van der Waals surface area (Å²) < 4.78 is 14.0. The average molecular weight is 594 g/mol. The summed E-state index contributed by atoms with van der Waals surface area (Å²) in [5, 5.41) is 9.09. The maximum Gasteiger partial charge on any atom is 0.332 e. The van der Waals surface area contributed by atoms with E-state index in [1.807, 2.05) is 30.6 Å². The molecule has 0 bridgehead atoms. The van der Waals surface area contributed by atoms with Crippen molar-refractivity contribution >= 4 is 39.3 Å². The molecule has 0 spiro atoms. The van der Waals surface area contributed by atoms with Gasteiger partial charge in [-0.05, 0) is 43.2 Å². The monoisotopic (exact) mass is 593 g/mol. The number of thiophene rings is 1. The van der Waals surface area contributed by atoms with Crippen molar-refractivity contribution in [1.29, 1.82) is 0 Å². The molecule has 12 nitrogen and oxygen atoms in total. The van der Waals surface area contributed by atoms with Crippen LogP contribution in [0.5, 0.6) is 5.88 Å². The normalized spacial score (nSPS) is 28.4.